The quantitative estimate of drug-likeness (QED) is 0.527. The molecule has 0 aromatic carbocycles. The molecule has 0 saturated heterocycles. The van der Waals surface area contributed by atoms with Gasteiger partial charge >= 0.3 is 0 Å². The summed E-state index contributed by atoms with van der Waals surface area (Å²) in [5.74, 6) is 0. The van der Waals surface area contributed by atoms with Crippen molar-refractivity contribution >= 4 is 0 Å². The largest absolute Gasteiger partial charge is 0.364 e. The van der Waals surface area contributed by atoms with Crippen LogP contribution in [-0.2, 0) is 4.74 Å². The second kappa shape index (κ2) is 4.09. The fraction of sp³-hybridized carbons (Fsp3) is 0.800. The van der Waals surface area contributed by atoms with Gasteiger partial charge in [0.25, 0.3) is 0 Å². The van der Waals surface area contributed by atoms with Gasteiger partial charge in [0, 0.05) is 6.61 Å². The van der Waals surface area contributed by atoms with Gasteiger partial charge in [0.2, 0.25) is 0 Å². The molecule has 0 amide bonds. The molecule has 0 aromatic heterocycles. The van der Waals surface area contributed by atoms with Crippen molar-refractivity contribution in [3.05, 3.63) is 6.92 Å². The van der Waals surface area contributed by atoms with E-state index in [0.717, 1.165) is 0 Å². The van der Waals surface area contributed by atoms with Gasteiger partial charge in [-0.15, -0.1) is 0 Å². The molecule has 7 heavy (non-hydrogen) atoms. The first-order valence-corrected chi connectivity index (χ1v) is 2.47. The molecule has 0 saturated carbocycles. The Balaban J connectivity index is 2.83. The first-order chi connectivity index (χ1) is 3.31. The van der Waals surface area contributed by atoms with E-state index >= 15 is 0 Å². The highest BCUT2D eigenvalue weighted by Gasteiger charge is 1.92. The van der Waals surface area contributed by atoms with Crippen molar-refractivity contribution in [1.29, 1.82) is 0 Å². The van der Waals surface area contributed by atoms with Gasteiger partial charge in [-0.1, -0.05) is 0 Å². The number of rotatable bonds is 3. The highest BCUT2D eigenvalue weighted by Crippen LogP contribution is 1.85. The Bertz CT molecular complexity index is 39.1. The fourth-order valence-electron chi connectivity index (χ4n) is 0.297. The molecule has 2 N–H and O–H groups in total. The molecule has 0 spiro atoms. The van der Waals surface area contributed by atoms with Gasteiger partial charge in [0.05, 0.1) is 0 Å². The molecule has 1 atom stereocenters. The molecule has 0 aromatic rings. The molecule has 2 nitrogen and oxygen atoms in total. The standard InChI is InChI=1S/C5H12NO/c1-3-5(6)7-4-2/h5H,1,3-4,6H2,2H3. The molecular formula is C5H12NO. The van der Waals surface area contributed by atoms with Gasteiger partial charge in [0.1, 0.15) is 6.23 Å². The van der Waals surface area contributed by atoms with E-state index < -0.39 is 0 Å². The summed E-state index contributed by atoms with van der Waals surface area (Å²) in [5, 5.41) is 0. The SMILES string of the molecule is [CH2]CC(N)OCC. The van der Waals surface area contributed by atoms with E-state index in [9.17, 15) is 0 Å². The van der Waals surface area contributed by atoms with Crippen LogP contribution >= 0.6 is 0 Å². The molecule has 43 valence electrons. The van der Waals surface area contributed by atoms with Crippen LogP contribution in [0.5, 0.6) is 0 Å². The van der Waals surface area contributed by atoms with Crippen LogP contribution in [0.25, 0.3) is 0 Å². The van der Waals surface area contributed by atoms with Crippen molar-refractivity contribution < 1.29 is 4.74 Å². The van der Waals surface area contributed by atoms with E-state index in [1.165, 1.54) is 0 Å². The first-order valence-electron chi connectivity index (χ1n) is 2.47. The zero-order valence-electron chi connectivity index (χ0n) is 4.68. The van der Waals surface area contributed by atoms with Gasteiger partial charge < -0.3 is 10.5 Å². The summed E-state index contributed by atoms with van der Waals surface area (Å²) in [6.07, 6.45) is 0.485. The van der Waals surface area contributed by atoms with Crippen LogP contribution in [0.3, 0.4) is 0 Å². The molecule has 0 bridgehead atoms. The fourth-order valence-corrected chi connectivity index (χ4v) is 0.297. The predicted octanol–water partition coefficient (Wildman–Crippen LogP) is 0.532. The lowest BCUT2D eigenvalue weighted by molar-refractivity contribution is 0.0695. The maximum absolute atomic E-state index is 5.30. The highest BCUT2D eigenvalue weighted by atomic mass is 16.5. The van der Waals surface area contributed by atoms with E-state index in [2.05, 4.69) is 6.92 Å². The minimum absolute atomic E-state index is 0.162. The zero-order chi connectivity index (χ0) is 5.70. The van der Waals surface area contributed by atoms with E-state index in [0.29, 0.717) is 13.0 Å². The molecule has 1 radical (unpaired) electrons. The minimum atomic E-state index is -0.162. The first kappa shape index (κ1) is 6.92. The van der Waals surface area contributed by atoms with E-state index in [1.807, 2.05) is 6.92 Å². The maximum Gasteiger partial charge on any atom is 0.105 e. The van der Waals surface area contributed by atoms with Gasteiger partial charge in [0.15, 0.2) is 0 Å². The van der Waals surface area contributed by atoms with Gasteiger partial charge in [-0.2, -0.15) is 0 Å². The lowest BCUT2D eigenvalue weighted by atomic mass is 10.4. The Morgan fingerprint density at radius 1 is 1.86 bits per heavy atom. The molecule has 0 fully saturated rings. The van der Waals surface area contributed by atoms with Crippen molar-refractivity contribution in [2.45, 2.75) is 19.6 Å². The monoisotopic (exact) mass is 102 g/mol. The van der Waals surface area contributed by atoms with Crippen molar-refractivity contribution in [3.8, 4) is 0 Å². The van der Waals surface area contributed by atoms with Crippen LogP contribution in [0.4, 0.5) is 0 Å². The summed E-state index contributed by atoms with van der Waals surface area (Å²) in [6, 6.07) is 0. The number of hydrogen-bond donors (Lipinski definition) is 1. The summed E-state index contributed by atoms with van der Waals surface area (Å²) >= 11 is 0. The van der Waals surface area contributed by atoms with Gasteiger partial charge in [-0.05, 0) is 20.3 Å². The topological polar surface area (TPSA) is 35.2 Å². The maximum atomic E-state index is 5.30. The van der Waals surface area contributed by atoms with Crippen molar-refractivity contribution in [1.82, 2.24) is 0 Å². The van der Waals surface area contributed by atoms with Crippen LogP contribution in [0.2, 0.25) is 0 Å². The third-order valence-electron chi connectivity index (χ3n) is 0.665. The van der Waals surface area contributed by atoms with Crippen molar-refractivity contribution in [3.63, 3.8) is 0 Å². The third-order valence-corrected chi connectivity index (χ3v) is 0.665. The number of nitrogens with two attached hydrogens (primary N) is 1. The summed E-state index contributed by atoms with van der Waals surface area (Å²) in [7, 11) is 0. The van der Waals surface area contributed by atoms with E-state index in [4.69, 9.17) is 10.5 Å². The molecule has 0 aliphatic carbocycles. The van der Waals surface area contributed by atoms with Crippen LogP contribution in [-0.4, -0.2) is 12.8 Å². The minimum Gasteiger partial charge on any atom is -0.364 e. The summed E-state index contributed by atoms with van der Waals surface area (Å²) in [4.78, 5) is 0. The number of ether oxygens (including phenoxy) is 1. The third kappa shape index (κ3) is 3.76. The van der Waals surface area contributed by atoms with Gasteiger partial charge in [-0.25, -0.2) is 0 Å². The average molecular weight is 102 g/mol. The molecule has 0 aliphatic rings. The Labute approximate surface area is 44.7 Å². The molecule has 0 aliphatic heterocycles. The van der Waals surface area contributed by atoms with Crippen LogP contribution in [0.15, 0.2) is 0 Å². The predicted molar refractivity (Wildman–Crippen MR) is 29.6 cm³/mol. The Morgan fingerprint density at radius 2 is 2.43 bits per heavy atom. The second-order valence-electron chi connectivity index (χ2n) is 1.28. The highest BCUT2D eigenvalue weighted by molar-refractivity contribution is 4.46. The molecule has 0 rings (SSSR count). The van der Waals surface area contributed by atoms with Gasteiger partial charge in [-0.3, -0.25) is 0 Å². The van der Waals surface area contributed by atoms with E-state index in [1.54, 1.807) is 0 Å². The smallest absolute Gasteiger partial charge is 0.105 e. The van der Waals surface area contributed by atoms with Crippen LogP contribution < -0.4 is 5.73 Å². The van der Waals surface area contributed by atoms with E-state index in [-0.39, 0.29) is 6.23 Å². The normalized spacial score (nSPS) is 14.1. The molecular weight excluding hydrogens is 90.1 g/mol. The summed E-state index contributed by atoms with van der Waals surface area (Å²) < 4.78 is 4.91. The Hall–Kier alpha value is -0.0800. The van der Waals surface area contributed by atoms with Crippen molar-refractivity contribution in [2.24, 2.45) is 5.73 Å². The van der Waals surface area contributed by atoms with Crippen LogP contribution in [0.1, 0.15) is 13.3 Å². The number of hydrogen-bond acceptors (Lipinski definition) is 2. The zero-order valence-corrected chi connectivity index (χ0v) is 4.68. The second-order valence-corrected chi connectivity index (χ2v) is 1.28. The van der Waals surface area contributed by atoms with Crippen LogP contribution in [0, 0.1) is 6.92 Å². The lowest BCUT2D eigenvalue weighted by Crippen LogP contribution is -2.22. The molecule has 0 heterocycles. The Morgan fingerprint density at radius 3 is 2.57 bits per heavy atom. The summed E-state index contributed by atoms with van der Waals surface area (Å²) in [5.41, 5.74) is 5.30. The Kier molecular flexibility index (Phi) is 4.04. The molecule has 1 unspecified atom stereocenters. The average Bonchev–Trinajstić information content (AvgIpc) is 1.68. The lowest BCUT2D eigenvalue weighted by Gasteiger charge is -2.05. The molecule has 2 heteroatoms. The van der Waals surface area contributed by atoms with Crippen molar-refractivity contribution in [2.75, 3.05) is 6.61 Å². The summed E-state index contributed by atoms with van der Waals surface area (Å²) in [6.45, 7) is 6.14.